The van der Waals surface area contributed by atoms with Crippen molar-refractivity contribution in [3.63, 3.8) is 0 Å². The van der Waals surface area contributed by atoms with Gasteiger partial charge in [-0.05, 0) is 41.0 Å². The van der Waals surface area contributed by atoms with Crippen LogP contribution in [0.2, 0.25) is 0 Å². The first-order valence-electron chi connectivity index (χ1n) is 5.19. The molecule has 0 aromatic carbocycles. The number of rotatable bonds is 1. The van der Waals surface area contributed by atoms with Crippen LogP contribution in [0.4, 0.5) is 0 Å². The van der Waals surface area contributed by atoms with Crippen LogP contribution >= 0.6 is 0 Å². The molecule has 0 aromatic heterocycles. The molecule has 0 aliphatic carbocycles. The molecule has 0 amide bonds. The predicted octanol–water partition coefficient (Wildman–Crippen LogP) is 0.960. The van der Waals surface area contributed by atoms with Crippen LogP contribution in [0.5, 0.6) is 0 Å². The van der Waals surface area contributed by atoms with Gasteiger partial charge in [-0.25, -0.2) is 8.42 Å². The highest BCUT2D eigenvalue weighted by molar-refractivity contribution is 7.90. The Kier molecular flexibility index (Phi) is 2.96. The van der Waals surface area contributed by atoms with Gasteiger partial charge in [0.25, 0.3) is 0 Å². The summed E-state index contributed by atoms with van der Waals surface area (Å²) in [6, 6.07) is 0. The fraction of sp³-hybridized carbons (Fsp3) is 1.00. The molecule has 1 rings (SSSR count). The Hall–Kier alpha value is -0.130. The Labute approximate surface area is 92.3 Å². The largest absolute Gasteiger partial charge is 0.392 e. The third kappa shape index (κ3) is 2.19. The topological polar surface area (TPSA) is 57.6 Å². The van der Waals surface area contributed by atoms with Crippen LogP contribution in [0.25, 0.3) is 0 Å². The van der Waals surface area contributed by atoms with Crippen LogP contribution in [0.1, 0.15) is 41.0 Å². The first-order valence-corrected chi connectivity index (χ1v) is 6.63. The molecule has 1 aliphatic heterocycles. The van der Waals surface area contributed by atoms with Gasteiger partial charge >= 0.3 is 0 Å². The molecule has 90 valence electrons. The summed E-state index contributed by atoms with van der Waals surface area (Å²) in [5.41, 5.74) is -0.481. The van der Waals surface area contributed by atoms with Gasteiger partial charge in [-0.1, -0.05) is 0 Å². The van der Waals surface area contributed by atoms with Crippen LogP contribution in [-0.2, 0) is 10.0 Å². The molecule has 1 heterocycles. The molecule has 1 fully saturated rings. The summed E-state index contributed by atoms with van der Waals surface area (Å²) >= 11 is 0. The van der Waals surface area contributed by atoms with E-state index < -0.39 is 26.4 Å². The van der Waals surface area contributed by atoms with Crippen molar-refractivity contribution in [1.82, 2.24) is 4.31 Å². The molecule has 15 heavy (non-hydrogen) atoms. The Morgan fingerprint density at radius 1 is 1.33 bits per heavy atom. The molecule has 1 atom stereocenters. The van der Waals surface area contributed by atoms with Crippen molar-refractivity contribution in [3.8, 4) is 0 Å². The third-order valence-corrected chi connectivity index (χ3v) is 5.62. The maximum atomic E-state index is 12.2. The second kappa shape index (κ2) is 3.43. The van der Waals surface area contributed by atoms with Crippen LogP contribution in [-0.4, -0.2) is 40.8 Å². The Morgan fingerprint density at radius 2 is 1.80 bits per heavy atom. The van der Waals surface area contributed by atoms with Crippen LogP contribution < -0.4 is 0 Å². The number of hydrogen-bond acceptors (Lipinski definition) is 3. The maximum Gasteiger partial charge on any atom is 0.219 e. The lowest BCUT2D eigenvalue weighted by Crippen LogP contribution is -2.49. The molecule has 0 saturated carbocycles. The molecule has 1 N–H and O–H groups in total. The molecule has 1 unspecified atom stereocenters. The minimum atomic E-state index is -3.34. The zero-order chi connectivity index (χ0) is 12.1. The number of nitrogens with zero attached hydrogens (tertiary/aromatic N) is 1. The van der Waals surface area contributed by atoms with Gasteiger partial charge in [0.05, 0.1) is 10.9 Å². The summed E-state index contributed by atoms with van der Waals surface area (Å²) in [5, 5.41) is 9.56. The Morgan fingerprint density at radius 3 is 2.07 bits per heavy atom. The van der Waals surface area contributed by atoms with E-state index in [9.17, 15) is 13.5 Å². The van der Waals surface area contributed by atoms with Crippen molar-refractivity contribution in [2.75, 3.05) is 6.54 Å². The summed E-state index contributed by atoms with van der Waals surface area (Å²) < 4.78 is 25.1. The quantitative estimate of drug-likeness (QED) is 0.736. The SMILES string of the molecule is CC1(C)CC(O)CN1S(=O)(=O)C(C)(C)C. The van der Waals surface area contributed by atoms with Crippen molar-refractivity contribution < 1.29 is 13.5 Å². The van der Waals surface area contributed by atoms with Gasteiger partial charge < -0.3 is 5.11 Å². The van der Waals surface area contributed by atoms with E-state index in [1.807, 2.05) is 13.8 Å². The average molecular weight is 235 g/mol. The average Bonchev–Trinajstić information content (AvgIpc) is 2.21. The van der Waals surface area contributed by atoms with E-state index in [2.05, 4.69) is 0 Å². The highest BCUT2D eigenvalue weighted by atomic mass is 32.2. The van der Waals surface area contributed by atoms with Gasteiger partial charge in [0.2, 0.25) is 10.0 Å². The maximum absolute atomic E-state index is 12.2. The Bertz CT molecular complexity index is 340. The molecule has 0 aromatic rings. The number of aliphatic hydroxyl groups is 1. The van der Waals surface area contributed by atoms with Crippen LogP contribution in [0.3, 0.4) is 0 Å². The summed E-state index contributed by atoms with van der Waals surface area (Å²) in [6.45, 7) is 8.97. The molecule has 0 spiro atoms. The minimum Gasteiger partial charge on any atom is -0.392 e. The molecular weight excluding hydrogens is 214 g/mol. The number of hydrogen-bond donors (Lipinski definition) is 1. The molecule has 0 bridgehead atoms. The van der Waals surface area contributed by atoms with Crippen molar-refractivity contribution in [1.29, 1.82) is 0 Å². The predicted molar refractivity (Wildman–Crippen MR) is 60.1 cm³/mol. The highest BCUT2D eigenvalue weighted by Gasteiger charge is 2.48. The van der Waals surface area contributed by atoms with Gasteiger partial charge in [0, 0.05) is 12.1 Å². The van der Waals surface area contributed by atoms with Crippen molar-refractivity contribution >= 4 is 10.0 Å². The van der Waals surface area contributed by atoms with Crippen molar-refractivity contribution in [3.05, 3.63) is 0 Å². The number of β-amino-alcohol motifs (C(OH)–C–C–N with tert-alkyl or cyclic N) is 1. The van der Waals surface area contributed by atoms with Crippen molar-refractivity contribution in [2.45, 2.75) is 57.4 Å². The second-order valence-corrected chi connectivity index (χ2v) is 8.43. The first-order chi connectivity index (χ1) is 6.48. The van der Waals surface area contributed by atoms with Gasteiger partial charge in [-0.15, -0.1) is 0 Å². The highest BCUT2D eigenvalue weighted by Crippen LogP contribution is 2.35. The first kappa shape index (κ1) is 12.9. The van der Waals surface area contributed by atoms with Crippen molar-refractivity contribution in [2.24, 2.45) is 0 Å². The van der Waals surface area contributed by atoms with E-state index in [1.165, 1.54) is 4.31 Å². The van der Waals surface area contributed by atoms with E-state index in [4.69, 9.17) is 0 Å². The third-order valence-electron chi connectivity index (χ3n) is 2.85. The van der Waals surface area contributed by atoms with E-state index >= 15 is 0 Å². The van der Waals surface area contributed by atoms with Crippen LogP contribution in [0, 0.1) is 0 Å². The van der Waals surface area contributed by atoms with Crippen LogP contribution in [0.15, 0.2) is 0 Å². The number of aliphatic hydroxyl groups excluding tert-OH is 1. The zero-order valence-electron chi connectivity index (χ0n) is 10.1. The summed E-state index contributed by atoms with van der Waals surface area (Å²) in [5.74, 6) is 0. The molecule has 5 heteroatoms. The van der Waals surface area contributed by atoms with E-state index in [0.717, 1.165) is 0 Å². The summed E-state index contributed by atoms with van der Waals surface area (Å²) in [7, 11) is -3.34. The molecule has 1 saturated heterocycles. The molecular formula is C10H21NO3S. The number of sulfonamides is 1. The van der Waals surface area contributed by atoms with E-state index in [-0.39, 0.29) is 6.54 Å². The van der Waals surface area contributed by atoms with Gasteiger partial charge in [-0.3, -0.25) is 0 Å². The summed E-state index contributed by atoms with van der Waals surface area (Å²) in [4.78, 5) is 0. The van der Waals surface area contributed by atoms with E-state index in [1.54, 1.807) is 20.8 Å². The fourth-order valence-corrected chi connectivity index (χ4v) is 3.69. The molecule has 0 radical (unpaired) electrons. The Balaban J connectivity index is 3.10. The zero-order valence-corrected chi connectivity index (χ0v) is 10.9. The van der Waals surface area contributed by atoms with Gasteiger partial charge in [0.1, 0.15) is 0 Å². The standard InChI is InChI=1S/C10H21NO3S/c1-9(2,3)15(13,14)11-7-8(12)6-10(11,4)5/h8,12H,6-7H2,1-5H3. The lowest BCUT2D eigenvalue weighted by molar-refractivity contribution is 0.187. The molecule has 1 aliphatic rings. The summed E-state index contributed by atoms with van der Waals surface area (Å²) in [6.07, 6.45) is -0.0420. The van der Waals surface area contributed by atoms with Gasteiger partial charge in [-0.2, -0.15) is 4.31 Å². The lowest BCUT2D eigenvalue weighted by Gasteiger charge is -2.35. The van der Waals surface area contributed by atoms with Gasteiger partial charge in [0.15, 0.2) is 0 Å². The lowest BCUT2D eigenvalue weighted by atomic mass is 10.0. The monoisotopic (exact) mass is 235 g/mol. The minimum absolute atomic E-state index is 0.215. The fourth-order valence-electron chi connectivity index (χ4n) is 1.94. The molecule has 4 nitrogen and oxygen atoms in total. The normalized spacial score (nSPS) is 28.3. The second-order valence-electron chi connectivity index (χ2n) is 5.82. The van der Waals surface area contributed by atoms with E-state index in [0.29, 0.717) is 6.42 Å². The smallest absolute Gasteiger partial charge is 0.219 e.